The van der Waals surface area contributed by atoms with Crippen molar-refractivity contribution in [3.63, 3.8) is 0 Å². The van der Waals surface area contributed by atoms with Crippen LogP contribution in [0.15, 0.2) is 24.3 Å². The monoisotopic (exact) mass is 548 g/mol. The number of hydrogen-bond donors (Lipinski definition) is 2. The van der Waals surface area contributed by atoms with Crippen LogP contribution in [0.4, 0.5) is 0 Å². The molecular weight excluding hydrogens is 508 g/mol. The lowest BCUT2D eigenvalue weighted by Crippen LogP contribution is -2.61. The summed E-state index contributed by atoms with van der Waals surface area (Å²) in [6.07, 6.45) is 2.53. The fourth-order valence-corrected chi connectivity index (χ4v) is 5.06. The molecule has 38 heavy (non-hydrogen) atoms. The molecule has 1 saturated carbocycles. The number of hydrogen-bond acceptors (Lipinski definition) is 8. The Labute approximate surface area is 229 Å². The molecule has 10 heteroatoms. The molecule has 0 bridgehead atoms. The molecule has 0 spiro atoms. The van der Waals surface area contributed by atoms with Gasteiger partial charge < -0.3 is 20.1 Å². The zero-order valence-corrected chi connectivity index (χ0v) is 23.9. The fourth-order valence-electron chi connectivity index (χ4n) is 4.26. The summed E-state index contributed by atoms with van der Waals surface area (Å²) in [5.74, 6) is -1.72. The molecule has 0 aromatic heterocycles. The Bertz CT molecular complexity index is 1000. The Morgan fingerprint density at radius 2 is 1.58 bits per heavy atom. The Morgan fingerprint density at radius 1 is 0.974 bits per heavy atom. The largest absolute Gasteiger partial charge is 0.464 e. The molecule has 1 aromatic carbocycles. The van der Waals surface area contributed by atoms with E-state index in [-0.39, 0.29) is 41.9 Å². The van der Waals surface area contributed by atoms with Crippen molar-refractivity contribution in [2.24, 2.45) is 11.8 Å². The van der Waals surface area contributed by atoms with E-state index in [0.717, 1.165) is 30.2 Å². The van der Waals surface area contributed by atoms with Crippen molar-refractivity contribution in [3.05, 3.63) is 29.8 Å². The number of ether oxygens (including phenoxy) is 2. The van der Waals surface area contributed by atoms with Crippen LogP contribution in [0.3, 0.4) is 0 Å². The molecule has 0 aliphatic heterocycles. The predicted octanol–water partition coefficient (Wildman–Crippen LogP) is 3.57. The number of amides is 2. The summed E-state index contributed by atoms with van der Waals surface area (Å²) in [7, 11) is 0. The maximum absolute atomic E-state index is 13.6. The zero-order chi connectivity index (χ0) is 28.5. The van der Waals surface area contributed by atoms with Gasteiger partial charge in [-0.1, -0.05) is 64.4 Å². The maximum Gasteiger partial charge on any atom is 0.328 e. The molecule has 1 fully saturated rings. The number of benzene rings is 1. The first-order valence-corrected chi connectivity index (χ1v) is 14.0. The van der Waals surface area contributed by atoms with Gasteiger partial charge in [0.2, 0.25) is 11.8 Å². The Kier molecular flexibility index (Phi) is 11.8. The minimum absolute atomic E-state index is 0.111. The molecule has 1 aliphatic rings. The minimum atomic E-state index is -1.17. The van der Waals surface area contributed by atoms with E-state index in [2.05, 4.69) is 10.6 Å². The Morgan fingerprint density at radius 3 is 2.08 bits per heavy atom. The zero-order valence-electron chi connectivity index (χ0n) is 23.1. The summed E-state index contributed by atoms with van der Waals surface area (Å²) in [6, 6.07) is 5.74. The van der Waals surface area contributed by atoms with E-state index in [0.29, 0.717) is 18.6 Å². The van der Waals surface area contributed by atoms with Gasteiger partial charge >= 0.3 is 11.9 Å². The van der Waals surface area contributed by atoms with Gasteiger partial charge in [-0.05, 0) is 43.4 Å². The van der Waals surface area contributed by atoms with Crippen molar-refractivity contribution >= 4 is 40.6 Å². The molecule has 2 N–H and O–H groups in total. The van der Waals surface area contributed by atoms with Gasteiger partial charge in [0.1, 0.15) is 17.3 Å². The highest BCUT2D eigenvalue weighted by Gasteiger charge is 2.45. The van der Waals surface area contributed by atoms with Crippen LogP contribution in [0.1, 0.15) is 72.8 Å². The van der Waals surface area contributed by atoms with Crippen molar-refractivity contribution in [2.45, 2.75) is 90.5 Å². The highest BCUT2D eigenvalue weighted by atomic mass is 32.2. The summed E-state index contributed by atoms with van der Waals surface area (Å²) in [6.45, 7) is 10.4. The number of esters is 2. The van der Waals surface area contributed by atoms with E-state index in [1.54, 1.807) is 45.0 Å². The number of rotatable bonds is 12. The second-order valence-corrected chi connectivity index (χ2v) is 11.6. The van der Waals surface area contributed by atoms with Crippen molar-refractivity contribution in [2.75, 3.05) is 6.61 Å². The first-order valence-electron chi connectivity index (χ1n) is 13.2. The van der Waals surface area contributed by atoms with Crippen molar-refractivity contribution in [3.8, 4) is 5.75 Å². The van der Waals surface area contributed by atoms with E-state index in [9.17, 15) is 24.0 Å². The van der Waals surface area contributed by atoms with Gasteiger partial charge in [-0.2, -0.15) is 0 Å². The number of thioether (sulfide) groups is 1. The normalized spacial score (nSPS) is 16.0. The van der Waals surface area contributed by atoms with Crippen LogP contribution < -0.4 is 15.4 Å². The quantitative estimate of drug-likeness (QED) is 0.300. The molecule has 0 radical (unpaired) electrons. The summed E-state index contributed by atoms with van der Waals surface area (Å²) < 4.78 is 10.5. The predicted molar refractivity (Wildman–Crippen MR) is 145 cm³/mol. The highest BCUT2D eigenvalue weighted by Crippen LogP contribution is 2.32. The molecule has 1 aliphatic carbocycles. The number of nitrogens with one attached hydrogen (secondary N) is 2. The van der Waals surface area contributed by atoms with Crippen LogP contribution in [0, 0.1) is 11.8 Å². The second kappa shape index (κ2) is 14.3. The van der Waals surface area contributed by atoms with E-state index < -0.39 is 28.7 Å². The minimum Gasteiger partial charge on any atom is -0.464 e. The third-order valence-corrected chi connectivity index (χ3v) is 7.68. The smallest absolute Gasteiger partial charge is 0.328 e. The molecular formula is C28H40N2O7S. The molecule has 0 saturated heterocycles. The summed E-state index contributed by atoms with van der Waals surface area (Å²) in [5, 5.41) is 4.96. The van der Waals surface area contributed by atoms with Crippen LogP contribution in [-0.4, -0.2) is 52.3 Å². The number of carbonyl (C=O) groups is 5. The van der Waals surface area contributed by atoms with Gasteiger partial charge in [-0.25, -0.2) is 4.79 Å². The van der Waals surface area contributed by atoms with Crippen LogP contribution >= 0.6 is 11.8 Å². The summed E-state index contributed by atoms with van der Waals surface area (Å²) in [5.41, 5.74) is -0.434. The molecule has 210 valence electrons. The van der Waals surface area contributed by atoms with Gasteiger partial charge in [0, 0.05) is 13.3 Å². The van der Waals surface area contributed by atoms with Crippen molar-refractivity contribution < 1.29 is 33.4 Å². The highest BCUT2D eigenvalue weighted by molar-refractivity contribution is 8.14. The average Bonchev–Trinajstić information content (AvgIpc) is 3.32. The van der Waals surface area contributed by atoms with Gasteiger partial charge in [-0.15, -0.1) is 0 Å². The number of carbonyl (C=O) groups excluding carboxylic acids is 5. The maximum atomic E-state index is 13.6. The van der Waals surface area contributed by atoms with Crippen molar-refractivity contribution in [1.29, 1.82) is 0 Å². The van der Waals surface area contributed by atoms with Gasteiger partial charge in [-0.3, -0.25) is 19.2 Å². The van der Waals surface area contributed by atoms with Gasteiger partial charge in [0.05, 0.1) is 17.8 Å². The first kappa shape index (κ1) is 31.3. The fraction of sp³-hybridized carbons (Fsp3) is 0.607. The van der Waals surface area contributed by atoms with Crippen LogP contribution in [-0.2, 0) is 35.1 Å². The SMILES string of the molecule is CCOC(=O)[C@H](Cc1ccc(OC(=O)C(C)C)cc1)NC(=O)C1(NC(=O)[C@H](SC(C)=O)C(C)C)CCCC1. The van der Waals surface area contributed by atoms with E-state index in [1.807, 2.05) is 13.8 Å². The molecule has 2 amide bonds. The van der Waals surface area contributed by atoms with Crippen LogP contribution in [0.5, 0.6) is 5.75 Å². The average molecular weight is 549 g/mol. The Balaban J connectivity index is 2.20. The third kappa shape index (κ3) is 8.85. The summed E-state index contributed by atoms with van der Waals surface area (Å²) >= 11 is 0.955. The Hall–Kier alpha value is -2.88. The van der Waals surface area contributed by atoms with E-state index >= 15 is 0 Å². The lowest BCUT2D eigenvalue weighted by Gasteiger charge is -2.33. The molecule has 2 atom stereocenters. The van der Waals surface area contributed by atoms with Crippen LogP contribution in [0.2, 0.25) is 0 Å². The molecule has 0 heterocycles. The van der Waals surface area contributed by atoms with E-state index in [4.69, 9.17) is 9.47 Å². The molecule has 1 aromatic rings. The molecule has 9 nitrogen and oxygen atoms in total. The van der Waals surface area contributed by atoms with Gasteiger partial charge in [0.15, 0.2) is 5.12 Å². The standard InChI is InChI=1S/C28H40N2O7S/c1-7-36-26(34)22(16-20-10-12-21(13-11-20)37-25(33)18(4)5)29-27(35)28(14-8-9-15-28)30-24(32)23(17(2)3)38-19(6)31/h10-13,17-18,22-23H,7-9,14-16H2,1-6H3,(H,29,35)(H,30,32)/t22-,23+/m0/s1. The first-order chi connectivity index (χ1) is 17.9. The van der Waals surface area contributed by atoms with Crippen molar-refractivity contribution in [1.82, 2.24) is 10.6 Å². The van der Waals surface area contributed by atoms with Crippen LogP contribution in [0.25, 0.3) is 0 Å². The molecule has 0 unspecified atom stereocenters. The van der Waals surface area contributed by atoms with Gasteiger partial charge in [0.25, 0.3) is 0 Å². The summed E-state index contributed by atoms with van der Waals surface area (Å²) in [4.78, 5) is 63.1. The topological polar surface area (TPSA) is 128 Å². The lowest BCUT2D eigenvalue weighted by molar-refractivity contribution is -0.148. The lowest BCUT2D eigenvalue weighted by atomic mass is 9.94. The van der Waals surface area contributed by atoms with E-state index in [1.165, 1.54) is 6.92 Å². The molecule has 2 rings (SSSR count). The second-order valence-electron chi connectivity index (χ2n) is 10.3. The third-order valence-electron chi connectivity index (χ3n) is 6.34.